The summed E-state index contributed by atoms with van der Waals surface area (Å²) in [4.78, 5) is 3.95. The van der Waals surface area contributed by atoms with Crippen LogP contribution >= 0.6 is 11.3 Å². The fraction of sp³-hybridized carbons (Fsp3) is 0. The second-order valence-electron chi connectivity index (χ2n) is 2.43. The lowest BCUT2D eigenvalue weighted by Crippen LogP contribution is -1.93. The highest BCUT2D eigenvalue weighted by Gasteiger charge is 2.13. The van der Waals surface area contributed by atoms with Gasteiger partial charge in [0.15, 0.2) is 0 Å². The average molecular weight is 215 g/mol. The lowest BCUT2D eigenvalue weighted by molar-refractivity contribution is 0.485. The number of hydrogen-bond donors (Lipinski definition) is 1. The molecule has 13 heavy (non-hydrogen) atoms. The molecule has 2 heterocycles. The third-order valence-electron chi connectivity index (χ3n) is 1.52. The predicted molar refractivity (Wildman–Crippen MR) is 49.4 cm³/mol. The summed E-state index contributed by atoms with van der Waals surface area (Å²) in [5.41, 5.74) is 0.583. The molecular formula is C7H5NO3S2. The fourth-order valence-electron chi connectivity index (χ4n) is 0.974. The van der Waals surface area contributed by atoms with E-state index < -0.39 is 10.1 Å². The molecule has 4 nitrogen and oxygen atoms in total. The van der Waals surface area contributed by atoms with Crippen molar-refractivity contribution < 1.29 is 13.0 Å². The molecule has 0 aliphatic heterocycles. The maximum atomic E-state index is 10.7. The molecule has 68 valence electrons. The van der Waals surface area contributed by atoms with Crippen LogP contribution in [0.5, 0.6) is 0 Å². The van der Waals surface area contributed by atoms with Crippen molar-refractivity contribution in [1.29, 1.82) is 0 Å². The standard InChI is InChI=1S/C7H5NO3S2/c9-13(10,11)7-4-5-6(12-7)2-1-3-8-5/h1-4H,(H,9,10,11). The van der Waals surface area contributed by atoms with Gasteiger partial charge in [0.1, 0.15) is 4.21 Å². The minimum atomic E-state index is -4.09. The van der Waals surface area contributed by atoms with Gasteiger partial charge in [-0.2, -0.15) is 8.42 Å². The molecule has 6 heteroatoms. The van der Waals surface area contributed by atoms with Gasteiger partial charge in [-0.05, 0) is 18.2 Å². The van der Waals surface area contributed by atoms with E-state index in [2.05, 4.69) is 4.98 Å². The maximum absolute atomic E-state index is 10.7. The highest BCUT2D eigenvalue weighted by Crippen LogP contribution is 2.26. The van der Waals surface area contributed by atoms with Crippen LogP contribution in [0.2, 0.25) is 0 Å². The summed E-state index contributed by atoms with van der Waals surface area (Å²) in [6, 6.07) is 4.82. The molecule has 0 aliphatic carbocycles. The summed E-state index contributed by atoms with van der Waals surface area (Å²) < 4.78 is 30.9. The monoisotopic (exact) mass is 215 g/mol. The van der Waals surface area contributed by atoms with Crippen LogP contribution in [0, 0.1) is 0 Å². The molecule has 2 aromatic rings. The highest BCUT2D eigenvalue weighted by molar-refractivity contribution is 7.88. The Balaban J connectivity index is 2.77. The Kier molecular flexibility index (Phi) is 1.83. The zero-order chi connectivity index (χ0) is 9.47. The van der Waals surface area contributed by atoms with Gasteiger partial charge in [-0.25, -0.2) is 0 Å². The SMILES string of the molecule is O=S(=O)(O)c1cc2ncccc2s1. The van der Waals surface area contributed by atoms with E-state index in [0.717, 1.165) is 16.0 Å². The van der Waals surface area contributed by atoms with Crippen LogP contribution in [0.3, 0.4) is 0 Å². The van der Waals surface area contributed by atoms with Crippen molar-refractivity contribution in [2.75, 3.05) is 0 Å². The highest BCUT2D eigenvalue weighted by atomic mass is 32.3. The van der Waals surface area contributed by atoms with Crippen LogP contribution in [0.1, 0.15) is 0 Å². The van der Waals surface area contributed by atoms with E-state index in [0.29, 0.717) is 5.52 Å². The summed E-state index contributed by atoms with van der Waals surface area (Å²) in [5, 5.41) is 0. The normalized spacial score (nSPS) is 12.1. The predicted octanol–water partition coefficient (Wildman–Crippen LogP) is 1.54. The lowest BCUT2D eigenvalue weighted by Gasteiger charge is -1.85. The molecule has 0 radical (unpaired) electrons. The van der Waals surface area contributed by atoms with Gasteiger partial charge in [0.05, 0.1) is 10.2 Å². The van der Waals surface area contributed by atoms with Gasteiger partial charge in [-0.1, -0.05) is 0 Å². The molecule has 0 amide bonds. The van der Waals surface area contributed by atoms with Gasteiger partial charge >= 0.3 is 10.1 Å². The number of aromatic nitrogens is 1. The molecule has 0 aromatic carbocycles. The molecule has 0 saturated heterocycles. The van der Waals surface area contributed by atoms with E-state index in [-0.39, 0.29) is 4.21 Å². The molecule has 0 spiro atoms. The Bertz CT molecular complexity index is 511. The first-order valence-corrected chi connectivity index (χ1v) is 5.65. The molecular weight excluding hydrogens is 210 g/mol. The van der Waals surface area contributed by atoms with Crippen LogP contribution in [0.4, 0.5) is 0 Å². The van der Waals surface area contributed by atoms with Crippen LogP contribution in [0.15, 0.2) is 28.6 Å². The number of pyridine rings is 1. The van der Waals surface area contributed by atoms with Crippen LogP contribution in [-0.4, -0.2) is 18.0 Å². The minimum Gasteiger partial charge on any atom is -0.281 e. The van der Waals surface area contributed by atoms with Gasteiger partial charge in [0, 0.05) is 6.20 Å². The molecule has 0 unspecified atom stereocenters. The zero-order valence-corrected chi connectivity index (χ0v) is 7.97. The quantitative estimate of drug-likeness (QED) is 0.733. The van der Waals surface area contributed by atoms with Gasteiger partial charge in [-0.15, -0.1) is 11.3 Å². The molecule has 0 bridgehead atoms. The van der Waals surface area contributed by atoms with E-state index in [9.17, 15) is 8.42 Å². The van der Waals surface area contributed by atoms with Gasteiger partial charge in [0.25, 0.3) is 0 Å². The molecule has 1 N–H and O–H groups in total. The van der Waals surface area contributed by atoms with Crippen LogP contribution in [-0.2, 0) is 10.1 Å². The number of rotatable bonds is 1. The Morgan fingerprint density at radius 1 is 1.46 bits per heavy atom. The summed E-state index contributed by atoms with van der Waals surface area (Å²) in [5.74, 6) is 0. The van der Waals surface area contributed by atoms with E-state index in [4.69, 9.17) is 4.55 Å². The number of nitrogens with zero attached hydrogens (tertiary/aromatic N) is 1. The molecule has 0 aliphatic rings. The Labute approximate surface area is 78.6 Å². The van der Waals surface area contributed by atoms with Crippen molar-refractivity contribution in [3.63, 3.8) is 0 Å². The second-order valence-corrected chi connectivity index (χ2v) is 5.16. The molecule has 2 rings (SSSR count). The Morgan fingerprint density at radius 3 is 2.85 bits per heavy atom. The molecule has 2 aromatic heterocycles. The van der Waals surface area contributed by atoms with Crippen molar-refractivity contribution in [3.8, 4) is 0 Å². The van der Waals surface area contributed by atoms with Gasteiger partial charge in [0.2, 0.25) is 0 Å². The Morgan fingerprint density at radius 2 is 2.23 bits per heavy atom. The molecule has 0 fully saturated rings. The largest absolute Gasteiger partial charge is 0.304 e. The summed E-state index contributed by atoms with van der Waals surface area (Å²) >= 11 is 1.00. The van der Waals surface area contributed by atoms with Crippen LogP contribution in [0.25, 0.3) is 10.2 Å². The maximum Gasteiger partial charge on any atom is 0.304 e. The molecule has 0 atom stereocenters. The third-order valence-corrected chi connectivity index (χ3v) is 3.91. The summed E-state index contributed by atoms with van der Waals surface area (Å²) in [6.07, 6.45) is 1.57. The van der Waals surface area contributed by atoms with Crippen molar-refractivity contribution in [1.82, 2.24) is 4.98 Å². The third kappa shape index (κ3) is 1.55. The Hall–Kier alpha value is -0.980. The average Bonchev–Trinajstić information content (AvgIpc) is 2.45. The van der Waals surface area contributed by atoms with Crippen molar-refractivity contribution in [2.45, 2.75) is 4.21 Å². The fourth-order valence-corrected chi connectivity index (χ4v) is 2.68. The number of hydrogen-bond acceptors (Lipinski definition) is 4. The van der Waals surface area contributed by atoms with Gasteiger partial charge < -0.3 is 0 Å². The van der Waals surface area contributed by atoms with Crippen LogP contribution < -0.4 is 0 Å². The summed E-state index contributed by atoms with van der Waals surface area (Å²) in [7, 11) is -4.09. The number of thiophene rings is 1. The van der Waals surface area contributed by atoms with E-state index in [1.807, 2.05) is 0 Å². The number of fused-ring (bicyclic) bond motifs is 1. The van der Waals surface area contributed by atoms with Crippen molar-refractivity contribution in [3.05, 3.63) is 24.4 Å². The summed E-state index contributed by atoms with van der Waals surface area (Å²) in [6.45, 7) is 0. The first-order valence-electron chi connectivity index (χ1n) is 3.39. The lowest BCUT2D eigenvalue weighted by atomic mass is 10.4. The minimum absolute atomic E-state index is 0.0683. The smallest absolute Gasteiger partial charge is 0.281 e. The topological polar surface area (TPSA) is 67.3 Å². The van der Waals surface area contributed by atoms with Crippen molar-refractivity contribution in [2.24, 2.45) is 0 Å². The van der Waals surface area contributed by atoms with Crippen molar-refractivity contribution >= 4 is 31.7 Å². The zero-order valence-electron chi connectivity index (χ0n) is 6.34. The first kappa shape index (κ1) is 8.61. The first-order chi connectivity index (χ1) is 6.07. The second kappa shape index (κ2) is 2.76. The molecule has 0 saturated carbocycles. The van der Waals surface area contributed by atoms with E-state index in [1.165, 1.54) is 6.07 Å². The van der Waals surface area contributed by atoms with E-state index in [1.54, 1.807) is 18.3 Å². The van der Waals surface area contributed by atoms with E-state index >= 15 is 0 Å². The van der Waals surface area contributed by atoms with Gasteiger partial charge in [-0.3, -0.25) is 9.54 Å².